The van der Waals surface area contributed by atoms with Gasteiger partial charge in [-0.25, -0.2) is 4.39 Å². The first-order chi connectivity index (χ1) is 13.7. The minimum atomic E-state index is -0.538. The fraction of sp³-hybridized carbons (Fsp3) is 0.190. The van der Waals surface area contributed by atoms with Gasteiger partial charge in [-0.05, 0) is 55.0 Å². The van der Waals surface area contributed by atoms with Gasteiger partial charge in [-0.15, -0.1) is 0 Å². The van der Waals surface area contributed by atoms with E-state index in [0.717, 1.165) is 5.56 Å². The molecule has 0 saturated carbocycles. The van der Waals surface area contributed by atoms with Crippen LogP contribution in [-0.2, 0) is 4.79 Å². The summed E-state index contributed by atoms with van der Waals surface area (Å²) in [5, 5.41) is 12.7. The van der Waals surface area contributed by atoms with Crippen molar-refractivity contribution in [3.05, 3.63) is 75.7 Å². The SMILES string of the molecule is CC1=C(C(=O)N(C)C)C(c2cccc(C#N)c2)NC(=S)N1c1ccc(F)c(Cl)c1. The second-order valence-electron chi connectivity index (χ2n) is 6.75. The highest BCUT2D eigenvalue weighted by molar-refractivity contribution is 7.80. The second-order valence-corrected chi connectivity index (χ2v) is 7.55. The van der Waals surface area contributed by atoms with Crippen LogP contribution in [0.1, 0.15) is 24.1 Å². The molecule has 1 atom stereocenters. The van der Waals surface area contributed by atoms with E-state index in [-0.39, 0.29) is 10.9 Å². The van der Waals surface area contributed by atoms with Gasteiger partial charge in [0.25, 0.3) is 5.91 Å². The lowest BCUT2D eigenvalue weighted by Crippen LogP contribution is -2.49. The topological polar surface area (TPSA) is 59.4 Å². The van der Waals surface area contributed by atoms with E-state index < -0.39 is 11.9 Å². The predicted molar refractivity (Wildman–Crippen MR) is 115 cm³/mol. The number of carbonyl (C=O) groups is 1. The molecule has 1 amide bonds. The zero-order valence-electron chi connectivity index (χ0n) is 16.0. The predicted octanol–water partition coefficient (Wildman–Crippen LogP) is 4.15. The van der Waals surface area contributed by atoms with Gasteiger partial charge in [0, 0.05) is 25.5 Å². The Morgan fingerprint density at radius 2 is 2.03 bits per heavy atom. The van der Waals surface area contributed by atoms with Crippen LogP contribution in [0.2, 0.25) is 5.02 Å². The van der Waals surface area contributed by atoms with E-state index in [1.807, 2.05) is 6.07 Å². The molecule has 0 aliphatic carbocycles. The number of thiocarbonyl (C=S) groups is 1. The number of nitriles is 1. The third-order valence-electron chi connectivity index (χ3n) is 4.63. The molecule has 148 valence electrons. The molecule has 8 heteroatoms. The minimum absolute atomic E-state index is 0.0394. The molecule has 0 spiro atoms. The van der Waals surface area contributed by atoms with E-state index in [1.54, 1.807) is 50.2 Å². The van der Waals surface area contributed by atoms with Gasteiger partial charge in [0.15, 0.2) is 5.11 Å². The zero-order chi connectivity index (χ0) is 21.3. The van der Waals surface area contributed by atoms with Crippen molar-refractivity contribution in [3.63, 3.8) is 0 Å². The first kappa shape index (κ1) is 20.8. The quantitative estimate of drug-likeness (QED) is 0.744. The lowest BCUT2D eigenvalue weighted by Gasteiger charge is -2.38. The number of amides is 1. The van der Waals surface area contributed by atoms with E-state index in [4.69, 9.17) is 23.8 Å². The van der Waals surface area contributed by atoms with Crippen molar-refractivity contribution < 1.29 is 9.18 Å². The first-order valence-electron chi connectivity index (χ1n) is 8.72. The Morgan fingerprint density at radius 1 is 1.31 bits per heavy atom. The molecule has 0 saturated heterocycles. The summed E-state index contributed by atoms with van der Waals surface area (Å²) < 4.78 is 13.6. The molecule has 2 aromatic carbocycles. The van der Waals surface area contributed by atoms with E-state index in [1.165, 1.54) is 17.0 Å². The largest absolute Gasteiger partial charge is 0.351 e. The Hall–Kier alpha value is -2.95. The highest BCUT2D eigenvalue weighted by Crippen LogP contribution is 2.35. The first-order valence-corrected chi connectivity index (χ1v) is 9.51. The standard InChI is InChI=1S/C21H18ClFN4OS/c1-12-18(20(28)26(2)3)19(14-6-4-5-13(9-14)11-24)25-21(29)27(12)15-7-8-17(23)16(22)10-15/h4-10,19H,1-3H3,(H,25,29). The van der Waals surface area contributed by atoms with Gasteiger partial charge in [0.05, 0.1) is 28.3 Å². The number of hydrogen-bond donors (Lipinski definition) is 1. The number of anilines is 1. The summed E-state index contributed by atoms with van der Waals surface area (Å²) in [4.78, 5) is 16.2. The van der Waals surface area contributed by atoms with E-state index >= 15 is 0 Å². The van der Waals surface area contributed by atoms with Gasteiger partial charge in [0.1, 0.15) is 5.82 Å². The van der Waals surface area contributed by atoms with E-state index in [0.29, 0.717) is 27.6 Å². The number of carbonyl (C=O) groups excluding carboxylic acids is 1. The minimum Gasteiger partial charge on any atom is -0.351 e. The Morgan fingerprint density at radius 3 is 2.66 bits per heavy atom. The van der Waals surface area contributed by atoms with Gasteiger partial charge in [0.2, 0.25) is 0 Å². The van der Waals surface area contributed by atoms with Crippen LogP contribution in [0, 0.1) is 17.1 Å². The Bertz CT molecular complexity index is 1080. The number of hydrogen-bond acceptors (Lipinski definition) is 3. The van der Waals surface area contributed by atoms with Crippen LogP contribution in [0.4, 0.5) is 10.1 Å². The smallest absolute Gasteiger partial charge is 0.253 e. The lowest BCUT2D eigenvalue weighted by atomic mass is 9.93. The molecule has 1 unspecified atom stereocenters. The molecule has 5 nitrogen and oxygen atoms in total. The third kappa shape index (κ3) is 3.95. The highest BCUT2D eigenvalue weighted by Gasteiger charge is 2.35. The maximum atomic E-state index is 13.6. The van der Waals surface area contributed by atoms with Gasteiger partial charge in [-0.1, -0.05) is 23.7 Å². The molecule has 1 aliphatic heterocycles. The van der Waals surface area contributed by atoms with Crippen molar-refractivity contribution >= 4 is 40.5 Å². The molecule has 29 heavy (non-hydrogen) atoms. The molecular formula is C21H18ClFN4OS. The van der Waals surface area contributed by atoms with E-state index in [2.05, 4.69) is 11.4 Å². The number of likely N-dealkylation sites (N-methyl/N-ethyl adjacent to an activating group) is 1. The normalized spacial score (nSPS) is 16.3. The van der Waals surface area contributed by atoms with Crippen LogP contribution < -0.4 is 10.2 Å². The number of nitrogens with zero attached hydrogens (tertiary/aromatic N) is 3. The van der Waals surface area contributed by atoms with Crippen molar-refractivity contribution in [2.45, 2.75) is 13.0 Å². The van der Waals surface area contributed by atoms with Crippen molar-refractivity contribution in [1.82, 2.24) is 10.2 Å². The third-order valence-corrected chi connectivity index (χ3v) is 5.22. The van der Waals surface area contributed by atoms with Gasteiger partial charge in [-0.3, -0.25) is 9.69 Å². The Labute approximate surface area is 179 Å². The van der Waals surface area contributed by atoms with Gasteiger partial charge < -0.3 is 10.2 Å². The van der Waals surface area contributed by atoms with E-state index in [9.17, 15) is 14.4 Å². The van der Waals surface area contributed by atoms with Crippen LogP contribution in [0.25, 0.3) is 0 Å². The lowest BCUT2D eigenvalue weighted by molar-refractivity contribution is -0.125. The molecule has 2 aromatic rings. The zero-order valence-corrected chi connectivity index (χ0v) is 17.6. The molecule has 1 heterocycles. The van der Waals surface area contributed by atoms with Crippen molar-refractivity contribution in [3.8, 4) is 6.07 Å². The summed E-state index contributed by atoms with van der Waals surface area (Å²) in [6.07, 6.45) is 0. The van der Waals surface area contributed by atoms with Crippen LogP contribution in [0.3, 0.4) is 0 Å². The average molecular weight is 429 g/mol. The van der Waals surface area contributed by atoms with Gasteiger partial charge >= 0.3 is 0 Å². The highest BCUT2D eigenvalue weighted by atomic mass is 35.5. The monoisotopic (exact) mass is 428 g/mol. The Kier molecular flexibility index (Phi) is 5.87. The number of halogens is 2. The molecule has 3 rings (SSSR count). The molecule has 0 bridgehead atoms. The molecular weight excluding hydrogens is 411 g/mol. The molecule has 0 fully saturated rings. The number of nitrogens with one attached hydrogen (secondary N) is 1. The van der Waals surface area contributed by atoms with Crippen molar-refractivity contribution in [2.75, 3.05) is 19.0 Å². The fourth-order valence-electron chi connectivity index (χ4n) is 3.23. The summed E-state index contributed by atoms with van der Waals surface area (Å²) in [6, 6.07) is 12.9. The van der Waals surface area contributed by atoms with Crippen molar-refractivity contribution in [2.24, 2.45) is 0 Å². The summed E-state index contributed by atoms with van der Waals surface area (Å²) in [5.41, 5.74) is 2.84. The second kappa shape index (κ2) is 8.19. The maximum Gasteiger partial charge on any atom is 0.253 e. The summed E-state index contributed by atoms with van der Waals surface area (Å²) in [7, 11) is 3.33. The molecule has 1 aliphatic rings. The number of rotatable bonds is 3. The summed E-state index contributed by atoms with van der Waals surface area (Å²) in [6.45, 7) is 1.78. The number of allylic oxidation sites excluding steroid dienone is 1. The maximum absolute atomic E-state index is 13.6. The summed E-state index contributed by atoms with van der Waals surface area (Å²) in [5.74, 6) is -0.744. The van der Waals surface area contributed by atoms with Crippen LogP contribution in [0.5, 0.6) is 0 Å². The molecule has 0 aromatic heterocycles. The molecule has 0 radical (unpaired) electrons. The van der Waals surface area contributed by atoms with Crippen LogP contribution in [0.15, 0.2) is 53.7 Å². The Balaban J connectivity index is 2.19. The average Bonchev–Trinajstić information content (AvgIpc) is 2.69. The van der Waals surface area contributed by atoms with Crippen LogP contribution in [-0.4, -0.2) is 30.0 Å². The van der Waals surface area contributed by atoms with Crippen LogP contribution >= 0.6 is 23.8 Å². The fourth-order valence-corrected chi connectivity index (χ4v) is 3.77. The van der Waals surface area contributed by atoms with Crippen molar-refractivity contribution in [1.29, 1.82) is 5.26 Å². The van der Waals surface area contributed by atoms with Gasteiger partial charge in [-0.2, -0.15) is 5.26 Å². The summed E-state index contributed by atoms with van der Waals surface area (Å²) >= 11 is 11.5. The number of benzene rings is 2. The molecule has 1 N–H and O–H groups in total.